The molecule has 0 aliphatic rings. The van der Waals surface area contributed by atoms with Crippen molar-refractivity contribution in [3.8, 4) is 6.07 Å². The molecular formula is C6H7N3O3. The molecule has 0 unspecified atom stereocenters. The molecule has 0 aliphatic carbocycles. The van der Waals surface area contributed by atoms with Gasteiger partial charge in [0.05, 0.1) is 0 Å². The van der Waals surface area contributed by atoms with Crippen molar-refractivity contribution in [2.75, 3.05) is 7.11 Å². The van der Waals surface area contributed by atoms with E-state index < -0.39 is 17.5 Å². The first kappa shape index (κ1) is 10.1. The lowest BCUT2D eigenvalue weighted by molar-refractivity contribution is -0.125. The number of carbonyl (C=O) groups excluding carboxylic acids is 2. The number of oxime groups is 1. The Morgan fingerprint density at radius 2 is 2.17 bits per heavy atom. The monoisotopic (exact) mass is 169 g/mol. The van der Waals surface area contributed by atoms with Crippen LogP contribution in [0, 0.1) is 11.3 Å². The van der Waals surface area contributed by atoms with Gasteiger partial charge in [-0.2, -0.15) is 5.26 Å². The standard InChI is InChI=1S/C6H7N3O3/c1-4(10)8-6(11)5(3-7)9-12-2/h1-2H3,(H,8,10,11)/b9-5-. The van der Waals surface area contributed by atoms with Crippen molar-refractivity contribution < 1.29 is 14.4 Å². The molecule has 0 fully saturated rings. The molecule has 0 aliphatic heterocycles. The summed E-state index contributed by atoms with van der Waals surface area (Å²) in [4.78, 5) is 25.3. The zero-order chi connectivity index (χ0) is 9.56. The maximum absolute atomic E-state index is 10.8. The molecule has 0 spiro atoms. The van der Waals surface area contributed by atoms with Crippen molar-refractivity contribution in [3.05, 3.63) is 0 Å². The summed E-state index contributed by atoms with van der Waals surface area (Å²) in [5.41, 5.74) is -0.493. The van der Waals surface area contributed by atoms with Crippen molar-refractivity contribution in [2.24, 2.45) is 5.16 Å². The van der Waals surface area contributed by atoms with Crippen LogP contribution in [0.15, 0.2) is 5.16 Å². The van der Waals surface area contributed by atoms with E-state index in [1.54, 1.807) is 0 Å². The van der Waals surface area contributed by atoms with Gasteiger partial charge >= 0.3 is 0 Å². The van der Waals surface area contributed by atoms with Crippen LogP contribution >= 0.6 is 0 Å². The third kappa shape index (κ3) is 3.31. The van der Waals surface area contributed by atoms with Gasteiger partial charge in [-0.15, -0.1) is 0 Å². The molecule has 0 atom stereocenters. The lowest BCUT2D eigenvalue weighted by atomic mass is 10.4. The Kier molecular flexibility index (Phi) is 4.08. The van der Waals surface area contributed by atoms with Crippen molar-refractivity contribution >= 4 is 17.5 Å². The summed E-state index contributed by atoms with van der Waals surface area (Å²) < 4.78 is 0. The van der Waals surface area contributed by atoms with Gasteiger partial charge in [-0.1, -0.05) is 5.16 Å². The molecule has 0 heterocycles. The van der Waals surface area contributed by atoms with Gasteiger partial charge in [-0.3, -0.25) is 14.9 Å². The number of carbonyl (C=O) groups is 2. The molecule has 0 aromatic heterocycles. The molecule has 6 heteroatoms. The topological polar surface area (TPSA) is 91.5 Å². The van der Waals surface area contributed by atoms with Crippen LogP contribution in [0.2, 0.25) is 0 Å². The Morgan fingerprint density at radius 1 is 1.58 bits per heavy atom. The number of rotatable bonds is 2. The summed E-state index contributed by atoms with van der Waals surface area (Å²) in [5, 5.41) is 13.3. The van der Waals surface area contributed by atoms with E-state index in [1.807, 2.05) is 5.32 Å². The molecule has 1 N–H and O–H groups in total. The Bertz CT molecular complexity index is 264. The first-order chi connectivity index (χ1) is 5.61. The third-order valence-corrected chi connectivity index (χ3v) is 0.793. The average molecular weight is 169 g/mol. The fourth-order valence-corrected chi connectivity index (χ4v) is 0.423. The van der Waals surface area contributed by atoms with Crippen LogP contribution in [0.1, 0.15) is 6.92 Å². The number of imide groups is 1. The molecule has 0 saturated carbocycles. The number of nitriles is 1. The molecule has 6 nitrogen and oxygen atoms in total. The molecular weight excluding hydrogens is 162 g/mol. The van der Waals surface area contributed by atoms with E-state index in [4.69, 9.17) is 5.26 Å². The molecule has 0 saturated heterocycles. The van der Waals surface area contributed by atoms with Crippen molar-refractivity contribution in [3.63, 3.8) is 0 Å². The summed E-state index contributed by atoms with van der Waals surface area (Å²) in [5.74, 6) is -1.43. The summed E-state index contributed by atoms with van der Waals surface area (Å²) in [6.45, 7) is 1.15. The molecule has 0 aromatic rings. The normalized spacial score (nSPS) is 9.92. The van der Waals surface area contributed by atoms with E-state index in [1.165, 1.54) is 13.2 Å². The second-order valence-corrected chi connectivity index (χ2v) is 1.74. The predicted octanol–water partition coefficient (Wildman–Crippen LogP) is -0.825. The highest BCUT2D eigenvalue weighted by atomic mass is 16.6. The lowest BCUT2D eigenvalue weighted by Gasteiger charge is -1.95. The van der Waals surface area contributed by atoms with Gasteiger partial charge in [0.25, 0.3) is 5.91 Å². The van der Waals surface area contributed by atoms with Gasteiger partial charge in [0.15, 0.2) is 0 Å². The molecule has 0 bridgehead atoms. The molecule has 0 rings (SSSR count). The molecule has 0 radical (unpaired) electrons. The second kappa shape index (κ2) is 4.85. The maximum Gasteiger partial charge on any atom is 0.290 e. The quantitative estimate of drug-likeness (QED) is 0.431. The smallest absolute Gasteiger partial charge is 0.290 e. The largest absolute Gasteiger partial charge is 0.398 e. The van der Waals surface area contributed by atoms with Crippen LogP contribution in [0.4, 0.5) is 0 Å². The lowest BCUT2D eigenvalue weighted by Crippen LogP contribution is -2.33. The van der Waals surface area contributed by atoms with Gasteiger partial charge in [0.1, 0.15) is 13.2 Å². The second-order valence-electron chi connectivity index (χ2n) is 1.74. The maximum atomic E-state index is 10.8. The molecule has 12 heavy (non-hydrogen) atoms. The summed E-state index contributed by atoms with van der Waals surface area (Å²) in [6, 6.07) is 1.47. The molecule has 0 aromatic carbocycles. The van der Waals surface area contributed by atoms with Crippen molar-refractivity contribution in [1.82, 2.24) is 5.32 Å². The minimum absolute atomic E-state index is 0.493. The van der Waals surface area contributed by atoms with Gasteiger partial charge in [-0.25, -0.2) is 0 Å². The van der Waals surface area contributed by atoms with Crippen LogP contribution in [0.5, 0.6) is 0 Å². The van der Waals surface area contributed by atoms with Gasteiger partial charge in [0, 0.05) is 6.92 Å². The fraction of sp³-hybridized carbons (Fsp3) is 0.333. The van der Waals surface area contributed by atoms with Crippen molar-refractivity contribution in [1.29, 1.82) is 5.26 Å². The summed E-state index contributed by atoms with van der Waals surface area (Å²) in [7, 11) is 1.19. The van der Waals surface area contributed by atoms with E-state index in [-0.39, 0.29) is 0 Å². The third-order valence-electron chi connectivity index (χ3n) is 0.793. The van der Waals surface area contributed by atoms with Crippen LogP contribution in [-0.2, 0) is 14.4 Å². The number of nitrogens with one attached hydrogen (secondary N) is 1. The van der Waals surface area contributed by atoms with E-state index in [2.05, 4.69) is 9.99 Å². The molecule has 2 amide bonds. The summed E-state index contributed by atoms with van der Waals surface area (Å²) in [6.07, 6.45) is 0. The Labute approximate surface area is 68.8 Å². The first-order valence-electron chi connectivity index (χ1n) is 2.95. The summed E-state index contributed by atoms with van der Waals surface area (Å²) >= 11 is 0. The average Bonchev–Trinajstić information content (AvgIpc) is 1.98. The van der Waals surface area contributed by atoms with E-state index in [0.29, 0.717) is 0 Å². The first-order valence-corrected chi connectivity index (χ1v) is 2.95. The minimum atomic E-state index is -0.869. The Balaban J connectivity index is 4.36. The number of hydrogen-bond donors (Lipinski definition) is 1. The highest BCUT2D eigenvalue weighted by Crippen LogP contribution is 1.79. The zero-order valence-electron chi connectivity index (χ0n) is 6.62. The number of nitrogens with zero attached hydrogens (tertiary/aromatic N) is 2. The number of amides is 2. The van der Waals surface area contributed by atoms with Crippen molar-refractivity contribution in [2.45, 2.75) is 6.92 Å². The SMILES string of the molecule is CO/N=C(/C#N)C(=O)NC(C)=O. The van der Waals surface area contributed by atoms with Gasteiger partial charge in [0.2, 0.25) is 11.6 Å². The van der Waals surface area contributed by atoms with E-state index in [9.17, 15) is 9.59 Å². The van der Waals surface area contributed by atoms with Crippen LogP contribution in [-0.4, -0.2) is 24.6 Å². The van der Waals surface area contributed by atoms with E-state index >= 15 is 0 Å². The predicted molar refractivity (Wildman–Crippen MR) is 38.9 cm³/mol. The number of hydrogen-bond acceptors (Lipinski definition) is 5. The highest BCUT2D eigenvalue weighted by molar-refractivity contribution is 6.46. The Morgan fingerprint density at radius 3 is 2.50 bits per heavy atom. The fourth-order valence-electron chi connectivity index (χ4n) is 0.423. The van der Waals surface area contributed by atoms with Crippen LogP contribution in [0.25, 0.3) is 0 Å². The van der Waals surface area contributed by atoms with E-state index in [0.717, 1.165) is 6.92 Å². The van der Waals surface area contributed by atoms with Crippen LogP contribution in [0.3, 0.4) is 0 Å². The zero-order valence-corrected chi connectivity index (χ0v) is 6.62. The van der Waals surface area contributed by atoms with Crippen LogP contribution < -0.4 is 5.32 Å². The molecule has 64 valence electrons. The Hall–Kier alpha value is -1.90. The van der Waals surface area contributed by atoms with Gasteiger partial charge < -0.3 is 4.84 Å². The minimum Gasteiger partial charge on any atom is -0.398 e. The van der Waals surface area contributed by atoms with Gasteiger partial charge in [-0.05, 0) is 0 Å². The highest BCUT2D eigenvalue weighted by Gasteiger charge is 2.12.